The lowest BCUT2D eigenvalue weighted by Gasteiger charge is -2.33. The van der Waals surface area contributed by atoms with Crippen molar-refractivity contribution < 1.29 is 0 Å². The number of rotatable bonds is 1. The molecule has 1 heterocycles. The van der Waals surface area contributed by atoms with Gasteiger partial charge in [-0.05, 0) is 54.4 Å². The molecule has 0 aliphatic carbocycles. The van der Waals surface area contributed by atoms with E-state index in [1.807, 2.05) is 0 Å². The summed E-state index contributed by atoms with van der Waals surface area (Å²) in [5.74, 6) is 0.388. The van der Waals surface area contributed by atoms with Crippen LogP contribution in [0.5, 0.6) is 0 Å². The summed E-state index contributed by atoms with van der Waals surface area (Å²) < 4.78 is 1.13. The molecule has 1 nitrogen and oxygen atoms in total. The molecule has 104 valence electrons. The topological polar surface area (TPSA) is 3.24 Å². The first kappa shape index (κ1) is 14.1. The van der Waals surface area contributed by atoms with Gasteiger partial charge in [0.1, 0.15) is 0 Å². The summed E-state index contributed by atoms with van der Waals surface area (Å²) >= 11 is 10.0. The predicted octanol–water partition coefficient (Wildman–Crippen LogP) is 4.99. The average molecular weight is 351 g/mol. The fourth-order valence-electron chi connectivity index (χ4n) is 3.03. The highest BCUT2D eigenvalue weighted by molar-refractivity contribution is 9.10. The maximum atomic E-state index is 6.46. The summed E-state index contributed by atoms with van der Waals surface area (Å²) in [7, 11) is 2.16. The molecular formula is C17H17BrClN. The van der Waals surface area contributed by atoms with Crippen molar-refractivity contribution >= 4 is 27.5 Å². The lowest BCUT2D eigenvalue weighted by atomic mass is 9.84. The van der Waals surface area contributed by atoms with Crippen molar-refractivity contribution in [3.8, 4) is 0 Å². The highest BCUT2D eigenvalue weighted by Gasteiger charge is 2.26. The van der Waals surface area contributed by atoms with Crippen molar-refractivity contribution in [1.82, 2.24) is 4.90 Å². The Bertz CT molecular complexity index is 653. The Morgan fingerprint density at radius 3 is 2.80 bits per heavy atom. The number of nitrogens with zero attached hydrogens (tertiary/aromatic N) is 1. The summed E-state index contributed by atoms with van der Waals surface area (Å²) in [5.41, 5.74) is 5.23. The molecule has 0 N–H and O–H groups in total. The van der Waals surface area contributed by atoms with Crippen molar-refractivity contribution in [2.45, 2.75) is 19.4 Å². The van der Waals surface area contributed by atoms with E-state index in [2.05, 4.69) is 71.2 Å². The van der Waals surface area contributed by atoms with Crippen LogP contribution in [-0.2, 0) is 6.54 Å². The molecule has 0 radical (unpaired) electrons. The first-order valence-corrected chi connectivity index (χ1v) is 7.94. The Kier molecular flexibility index (Phi) is 3.89. The Balaban J connectivity index is 2.15. The summed E-state index contributed by atoms with van der Waals surface area (Å²) in [5, 5.41) is 0.895. The molecule has 3 heteroatoms. The number of fused-ring (bicyclic) bond motifs is 1. The van der Waals surface area contributed by atoms with Crippen LogP contribution in [0, 0.1) is 6.92 Å². The van der Waals surface area contributed by atoms with Gasteiger partial charge in [-0.15, -0.1) is 0 Å². The molecule has 0 aromatic heterocycles. The van der Waals surface area contributed by atoms with E-state index >= 15 is 0 Å². The zero-order valence-corrected chi connectivity index (χ0v) is 14.0. The number of hydrogen-bond donors (Lipinski definition) is 0. The Morgan fingerprint density at radius 2 is 2.05 bits per heavy atom. The largest absolute Gasteiger partial charge is 0.301 e. The maximum Gasteiger partial charge on any atom is 0.0456 e. The zero-order chi connectivity index (χ0) is 14.3. The molecular weight excluding hydrogens is 334 g/mol. The normalized spacial score (nSPS) is 18.9. The molecule has 1 aliphatic heterocycles. The number of likely N-dealkylation sites (N-methyl/N-ethyl adjacent to an activating group) is 1. The lowest BCUT2D eigenvalue weighted by molar-refractivity contribution is 0.295. The van der Waals surface area contributed by atoms with Gasteiger partial charge in [0, 0.05) is 28.5 Å². The van der Waals surface area contributed by atoms with Crippen molar-refractivity contribution in [2.75, 3.05) is 13.6 Å². The molecule has 3 rings (SSSR count). The number of hydrogen-bond acceptors (Lipinski definition) is 1. The van der Waals surface area contributed by atoms with E-state index in [1.165, 1.54) is 22.3 Å². The van der Waals surface area contributed by atoms with Gasteiger partial charge in [-0.2, -0.15) is 0 Å². The second kappa shape index (κ2) is 5.51. The SMILES string of the molecule is Cc1cc(Cl)c2c(c1)C(c1cccc(Br)c1)CN(C)C2. The molecule has 2 aromatic rings. The molecule has 20 heavy (non-hydrogen) atoms. The Morgan fingerprint density at radius 1 is 1.25 bits per heavy atom. The van der Waals surface area contributed by atoms with Crippen LogP contribution in [0.4, 0.5) is 0 Å². The molecule has 0 fully saturated rings. The molecule has 1 unspecified atom stereocenters. The van der Waals surface area contributed by atoms with Gasteiger partial charge in [-0.1, -0.05) is 45.7 Å². The molecule has 1 aliphatic rings. The van der Waals surface area contributed by atoms with Crippen molar-refractivity contribution in [1.29, 1.82) is 0 Å². The quantitative estimate of drug-likeness (QED) is 0.700. The predicted molar refractivity (Wildman–Crippen MR) is 88.5 cm³/mol. The third kappa shape index (κ3) is 2.65. The van der Waals surface area contributed by atoms with Crippen LogP contribution in [0.1, 0.15) is 28.2 Å². The highest BCUT2D eigenvalue weighted by atomic mass is 79.9. The molecule has 0 bridgehead atoms. The van der Waals surface area contributed by atoms with Gasteiger partial charge in [0.2, 0.25) is 0 Å². The average Bonchev–Trinajstić information content (AvgIpc) is 2.39. The Hall–Kier alpha value is -0.830. The van der Waals surface area contributed by atoms with Crippen LogP contribution in [0.15, 0.2) is 40.9 Å². The molecule has 0 amide bonds. The fraction of sp³-hybridized carbons (Fsp3) is 0.294. The van der Waals surface area contributed by atoms with Gasteiger partial charge in [0.25, 0.3) is 0 Å². The first-order chi connectivity index (χ1) is 9.54. The second-order valence-electron chi connectivity index (χ2n) is 5.62. The molecule has 0 spiro atoms. The van der Waals surface area contributed by atoms with E-state index in [1.54, 1.807) is 0 Å². The van der Waals surface area contributed by atoms with Crippen molar-refractivity contribution in [3.05, 3.63) is 68.1 Å². The van der Waals surface area contributed by atoms with Crippen LogP contribution >= 0.6 is 27.5 Å². The molecule has 0 saturated carbocycles. The van der Waals surface area contributed by atoms with Crippen LogP contribution in [0.25, 0.3) is 0 Å². The van der Waals surface area contributed by atoms with E-state index in [0.29, 0.717) is 5.92 Å². The second-order valence-corrected chi connectivity index (χ2v) is 6.94. The molecule has 2 aromatic carbocycles. The van der Waals surface area contributed by atoms with E-state index in [-0.39, 0.29) is 0 Å². The maximum absolute atomic E-state index is 6.46. The van der Waals surface area contributed by atoms with Gasteiger partial charge >= 0.3 is 0 Å². The van der Waals surface area contributed by atoms with E-state index in [9.17, 15) is 0 Å². The first-order valence-electron chi connectivity index (χ1n) is 6.77. The minimum absolute atomic E-state index is 0.388. The molecule has 1 atom stereocenters. The number of aryl methyl sites for hydroxylation is 1. The monoisotopic (exact) mass is 349 g/mol. The third-order valence-electron chi connectivity index (χ3n) is 3.92. The summed E-state index contributed by atoms with van der Waals surface area (Å²) in [6.45, 7) is 4.07. The molecule has 0 saturated heterocycles. The zero-order valence-electron chi connectivity index (χ0n) is 11.7. The number of benzene rings is 2. The minimum atomic E-state index is 0.388. The van der Waals surface area contributed by atoms with E-state index in [0.717, 1.165) is 22.6 Å². The van der Waals surface area contributed by atoms with Crippen LogP contribution in [0.2, 0.25) is 5.02 Å². The fourth-order valence-corrected chi connectivity index (χ4v) is 3.79. The van der Waals surface area contributed by atoms with Crippen LogP contribution < -0.4 is 0 Å². The summed E-state index contributed by atoms with van der Waals surface area (Å²) in [6.07, 6.45) is 0. The van der Waals surface area contributed by atoms with Gasteiger partial charge in [0.15, 0.2) is 0 Å². The smallest absolute Gasteiger partial charge is 0.0456 e. The van der Waals surface area contributed by atoms with Gasteiger partial charge in [-0.3, -0.25) is 0 Å². The van der Waals surface area contributed by atoms with Crippen LogP contribution in [-0.4, -0.2) is 18.5 Å². The summed E-state index contributed by atoms with van der Waals surface area (Å²) in [6, 6.07) is 12.9. The standard InChI is InChI=1S/C17H17BrClN/c1-11-6-14-15(12-4-3-5-13(18)8-12)9-20(2)10-16(14)17(19)7-11/h3-8,15H,9-10H2,1-2H3. The third-order valence-corrected chi connectivity index (χ3v) is 4.75. The van der Waals surface area contributed by atoms with Gasteiger partial charge in [-0.25, -0.2) is 0 Å². The van der Waals surface area contributed by atoms with Gasteiger partial charge in [0.05, 0.1) is 0 Å². The van der Waals surface area contributed by atoms with Gasteiger partial charge < -0.3 is 4.90 Å². The summed E-state index contributed by atoms with van der Waals surface area (Å²) in [4.78, 5) is 2.34. The Labute approximate surface area is 133 Å². The van der Waals surface area contributed by atoms with E-state index < -0.39 is 0 Å². The number of halogens is 2. The van der Waals surface area contributed by atoms with Crippen molar-refractivity contribution in [3.63, 3.8) is 0 Å². The minimum Gasteiger partial charge on any atom is -0.301 e. The van der Waals surface area contributed by atoms with Crippen molar-refractivity contribution in [2.24, 2.45) is 0 Å². The van der Waals surface area contributed by atoms with E-state index in [4.69, 9.17) is 11.6 Å². The highest BCUT2D eigenvalue weighted by Crippen LogP contribution is 2.37. The van der Waals surface area contributed by atoms with Crippen LogP contribution in [0.3, 0.4) is 0 Å². The lowest BCUT2D eigenvalue weighted by Crippen LogP contribution is -2.31.